The Balaban J connectivity index is 1.56. The van der Waals surface area contributed by atoms with Crippen LogP contribution in [0.4, 0.5) is 17.1 Å². The number of ether oxygens (including phenoxy) is 4. The summed E-state index contributed by atoms with van der Waals surface area (Å²) in [4.78, 5) is 24.6. The van der Waals surface area contributed by atoms with Gasteiger partial charge in [-0.2, -0.15) is 10.2 Å². The maximum absolute atomic E-state index is 12.4. The average molecular weight is 449 g/mol. The van der Waals surface area contributed by atoms with Gasteiger partial charge in [0.2, 0.25) is 5.75 Å². The lowest BCUT2D eigenvalue weighted by atomic mass is 10.2. The molecule has 0 radical (unpaired) electrons. The van der Waals surface area contributed by atoms with E-state index in [9.17, 15) is 9.59 Å². The van der Waals surface area contributed by atoms with Crippen molar-refractivity contribution in [3.8, 4) is 17.2 Å². The van der Waals surface area contributed by atoms with Crippen molar-refractivity contribution in [2.24, 2.45) is 10.2 Å². The molecule has 3 aromatic rings. The van der Waals surface area contributed by atoms with Crippen molar-refractivity contribution in [3.63, 3.8) is 0 Å². The van der Waals surface area contributed by atoms with Crippen molar-refractivity contribution in [1.29, 1.82) is 0 Å². The molecule has 3 rings (SSSR count). The summed E-state index contributed by atoms with van der Waals surface area (Å²) in [5, 5.41) is 10.9. The molecule has 0 aliphatic rings. The number of hydrogen-bond acceptors (Lipinski definition) is 8. The summed E-state index contributed by atoms with van der Waals surface area (Å²) in [6.07, 6.45) is 0. The maximum atomic E-state index is 12.4. The molecule has 0 aromatic heterocycles. The smallest absolute Gasteiger partial charge is 0.338 e. The fourth-order valence-corrected chi connectivity index (χ4v) is 2.83. The number of methoxy groups -OCH3 is 3. The van der Waals surface area contributed by atoms with Crippen molar-refractivity contribution < 1.29 is 28.5 Å². The highest BCUT2D eigenvalue weighted by Gasteiger charge is 2.18. The highest BCUT2D eigenvalue weighted by Crippen LogP contribution is 2.38. The van der Waals surface area contributed by atoms with Gasteiger partial charge in [-0.3, -0.25) is 4.79 Å². The third-order valence-electron chi connectivity index (χ3n) is 4.42. The minimum absolute atomic E-state index is 0.158. The van der Waals surface area contributed by atoms with Crippen LogP contribution in [0.15, 0.2) is 77.0 Å². The first-order valence-corrected chi connectivity index (χ1v) is 9.88. The van der Waals surface area contributed by atoms with E-state index in [-0.39, 0.29) is 5.56 Å². The molecule has 0 saturated heterocycles. The molecule has 1 N–H and O–H groups in total. The van der Waals surface area contributed by atoms with Crippen LogP contribution in [0.5, 0.6) is 17.2 Å². The van der Waals surface area contributed by atoms with E-state index < -0.39 is 18.5 Å². The predicted molar refractivity (Wildman–Crippen MR) is 122 cm³/mol. The van der Waals surface area contributed by atoms with E-state index in [1.807, 2.05) is 30.3 Å². The molecule has 0 aliphatic heterocycles. The van der Waals surface area contributed by atoms with Gasteiger partial charge < -0.3 is 24.3 Å². The van der Waals surface area contributed by atoms with Crippen LogP contribution in [0.25, 0.3) is 0 Å². The lowest BCUT2D eigenvalue weighted by molar-refractivity contribution is -0.119. The second-order valence-electron chi connectivity index (χ2n) is 6.62. The number of amides is 1. The Morgan fingerprint density at radius 2 is 1.36 bits per heavy atom. The number of carbonyl (C=O) groups is 2. The van der Waals surface area contributed by atoms with Crippen LogP contribution in [0, 0.1) is 0 Å². The Morgan fingerprint density at radius 1 is 0.788 bits per heavy atom. The predicted octanol–water partition coefficient (Wildman–Crippen LogP) is 4.92. The monoisotopic (exact) mass is 449 g/mol. The zero-order chi connectivity index (χ0) is 23.6. The number of nitrogens with zero attached hydrogens (tertiary/aromatic N) is 2. The summed E-state index contributed by atoms with van der Waals surface area (Å²) in [5.41, 5.74) is 2.06. The average Bonchev–Trinajstić information content (AvgIpc) is 2.86. The molecule has 0 fully saturated rings. The van der Waals surface area contributed by atoms with E-state index in [1.54, 1.807) is 24.3 Å². The molecule has 0 saturated carbocycles. The number of rotatable bonds is 9. The third-order valence-corrected chi connectivity index (χ3v) is 4.42. The lowest BCUT2D eigenvalue weighted by Crippen LogP contribution is -2.21. The summed E-state index contributed by atoms with van der Waals surface area (Å²) in [5.74, 6) is -0.243. The number of hydrogen-bond donors (Lipinski definition) is 1. The van der Waals surface area contributed by atoms with Crippen molar-refractivity contribution in [2.45, 2.75) is 0 Å². The second kappa shape index (κ2) is 11.3. The summed E-state index contributed by atoms with van der Waals surface area (Å²) < 4.78 is 20.8. The molecular weight excluding hydrogens is 426 g/mol. The van der Waals surface area contributed by atoms with Crippen LogP contribution in [0.3, 0.4) is 0 Å². The van der Waals surface area contributed by atoms with Gasteiger partial charge in [-0.25, -0.2) is 4.79 Å². The van der Waals surface area contributed by atoms with Gasteiger partial charge in [0.25, 0.3) is 5.91 Å². The van der Waals surface area contributed by atoms with E-state index in [1.165, 1.54) is 33.5 Å². The van der Waals surface area contributed by atoms with Crippen molar-refractivity contribution in [1.82, 2.24) is 0 Å². The van der Waals surface area contributed by atoms with Gasteiger partial charge in [-0.1, -0.05) is 18.2 Å². The van der Waals surface area contributed by atoms with Crippen LogP contribution in [0.1, 0.15) is 10.4 Å². The third kappa shape index (κ3) is 6.30. The fraction of sp³-hybridized carbons (Fsp3) is 0.167. The number of azo groups is 1. The molecular formula is C24H23N3O6. The zero-order valence-electron chi connectivity index (χ0n) is 18.4. The number of benzene rings is 3. The highest BCUT2D eigenvalue weighted by atomic mass is 16.5. The summed E-state index contributed by atoms with van der Waals surface area (Å²) >= 11 is 0. The van der Waals surface area contributed by atoms with Gasteiger partial charge in [0.15, 0.2) is 18.1 Å². The first-order chi connectivity index (χ1) is 16.0. The molecule has 1 amide bonds. The fourth-order valence-electron chi connectivity index (χ4n) is 2.83. The van der Waals surface area contributed by atoms with Crippen LogP contribution >= 0.6 is 0 Å². The summed E-state index contributed by atoms with van der Waals surface area (Å²) in [6, 6.07) is 19.0. The largest absolute Gasteiger partial charge is 0.493 e. The number of nitrogens with one attached hydrogen (secondary N) is 1. The number of esters is 1. The normalized spacial score (nSPS) is 10.5. The van der Waals surface area contributed by atoms with Crippen LogP contribution < -0.4 is 19.5 Å². The minimum atomic E-state index is -0.707. The maximum Gasteiger partial charge on any atom is 0.338 e. The first kappa shape index (κ1) is 23.3. The molecule has 0 spiro atoms. The van der Waals surface area contributed by atoms with Gasteiger partial charge >= 0.3 is 5.97 Å². The topological polar surface area (TPSA) is 108 Å². The van der Waals surface area contributed by atoms with E-state index in [0.29, 0.717) is 28.6 Å². The molecule has 170 valence electrons. The molecule has 0 atom stereocenters. The van der Waals surface area contributed by atoms with Crippen molar-refractivity contribution >= 4 is 28.9 Å². The Bertz CT molecular complexity index is 1110. The Labute approximate surface area is 191 Å². The Hall–Kier alpha value is -4.40. The standard InChI is InChI=1S/C24H23N3O6/c1-30-20-13-16(14-21(31-2)23(20)32-3)24(29)33-15-22(28)25-17-9-11-19(12-10-17)27-26-18-7-5-4-6-8-18/h4-14H,15H2,1-3H3,(H,25,28). The molecule has 0 unspecified atom stereocenters. The molecule has 0 aliphatic carbocycles. The van der Waals surface area contributed by atoms with Gasteiger partial charge in [-0.05, 0) is 48.5 Å². The minimum Gasteiger partial charge on any atom is -0.493 e. The van der Waals surface area contributed by atoms with E-state index in [2.05, 4.69) is 15.5 Å². The van der Waals surface area contributed by atoms with Gasteiger partial charge in [0.1, 0.15) is 0 Å². The Morgan fingerprint density at radius 3 is 1.91 bits per heavy atom. The highest BCUT2D eigenvalue weighted by molar-refractivity contribution is 5.96. The molecule has 0 heterocycles. The second-order valence-corrected chi connectivity index (χ2v) is 6.62. The lowest BCUT2D eigenvalue weighted by Gasteiger charge is -2.13. The first-order valence-electron chi connectivity index (χ1n) is 9.88. The summed E-state index contributed by atoms with van der Waals surface area (Å²) in [7, 11) is 4.34. The van der Waals surface area contributed by atoms with E-state index in [0.717, 1.165) is 5.69 Å². The quantitative estimate of drug-likeness (QED) is 0.367. The SMILES string of the molecule is COc1cc(C(=O)OCC(=O)Nc2ccc(N=Nc3ccccc3)cc2)cc(OC)c1OC. The van der Waals surface area contributed by atoms with E-state index in [4.69, 9.17) is 18.9 Å². The van der Waals surface area contributed by atoms with Crippen molar-refractivity contribution in [2.75, 3.05) is 33.3 Å². The van der Waals surface area contributed by atoms with Crippen molar-refractivity contribution in [3.05, 3.63) is 72.3 Å². The van der Waals surface area contributed by atoms with E-state index >= 15 is 0 Å². The van der Waals surface area contributed by atoms with Gasteiger partial charge in [0, 0.05) is 5.69 Å². The van der Waals surface area contributed by atoms with Crippen LogP contribution in [0.2, 0.25) is 0 Å². The number of carbonyl (C=O) groups excluding carboxylic acids is 2. The zero-order valence-corrected chi connectivity index (χ0v) is 18.4. The van der Waals surface area contributed by atoms with Crippen LogP contribution in [-0.4, -0.2) is 39.8 Å². The molecule has 9 heteroatoms. The molecule has 9 nitrogen and oxygen atoms in total. The summed E-state index contributed by atoms with van der Waals surface area (Å²) in [6.45, 7) is -0.467. The molecule has 0 bridgehead atoms. The molecule has 3 aromatic carbocycles. The van der Waals surface area contributed by atoms with Gasteiger partial charge in [0.05, 0.1) is 38.3 Å². The van der Waals surface area contributed by atoms with Gasteiger partial charge in [-0.15, -0.1) is 0 Å². The number of anilines is 1. The Kier molecular flexibility index (Phi) is 7.96. The molecule has 33 heavy (non-hydrogen) atoms. The van der Waals surface area contributed by atoms with Crippen LogP contribution in [-0.2, 0) is 9.53 Å².